The van der Waals surface area contributed by atoms with E-state index in [1.165, 1.54) is 24.9 Å². The van der Waals surface area contributed by atoms with E-state index in [4.69, 9.17) is 0 Å². The Morgan fingerprint density at radius 2 is 2.21 bits per heavy atom. The molecule has 0 bridgehead atoms. The van der Waals surface area contributed by atoms with Crippen molar-refractivity contribution >= 4 is 14.0 Å². The zero-order chi connectivity index (χ0) is 14.0. The van der Waals surface area contributed by atoms with E-state index in [0.29, 0.717) is 5.82 Å². The van der Waals surface area contributed by atoms with Crippen molar-refractivity contribution in [2.24, 2.45) is 0 Å². The van der Waals surface area contributed by atoms with E-state index < -0.39 is 23.6 Å². The first-order valence-electron chi connectivity index (χ1n) is 5.56. The van der Waals surface area contributed by atoms with Crippen LogP contribution in [0.5, 0.6) is 0 Å². The van der Waals surface area contributed by atoms with Gasteiger partial charge in [-0.1, -0.05) is 6.07 Å². The molecule has 0 fully saturated rings. The van der Waals surface area contributed by atoms with Crippen molar-refractivity contribution < 1.29 is 18.2 Å². The zero-order valence-electron chi connectivity index (χ0n) is 10.4. The summed E-state index contributed by atoms with van der Waals surface area (Å²) in [5.41, 5.74) is 0.0364. The molecule has 0 saturated carbocycles. The molecule has 0 spiro atoms. The molecule has 0 amide bonds. The highest BCUT2D eigenvalue weighted by molar-refractivity contribution is 6.06. The van der Waals surface area contributed by atoms with Gasteiger partial charge in [-0.05, 0) is 13.0 Å². The van der Waals surface area contributed by atoms with E-state index in [1.54, 1.807) is 13.1 Å². The molecule has 1 heterocycles. The number of nitrogens with zero attached hydrogens (tertiary/aromatic N) is 2. The second-order valence-corrected chi connectivity index (χ2v) is 3.97. The second-order valence-electron chi connectivity index (χ2n) is 3.97. The molecule has 4 nitrogen and oxygen atoms in total. The highest BCUT2D eigenvalue weighted by atomic mass is 19.1. The van der Waals surface area contributed by atoms with E-state index in [9.17, 15) is 13.6 Å². The first-order valence-corrected chi connectivity index (χ1v) is 5.56. The maximum absolute atomic E-state index is 13.8. The summed E-state index contributed by atoms with van der Waals surface area (Å²) < 4.78 is 32.9. The Kier molecular flexibility index (Phi) is 3.64. The van der Waals surface area contributed by atoms with Gasteiger partial charge in [-0.3, -0.25) is 4.79 Å². The van der Waals surface area contributed by atoms with Gasteiger partial charge in [0.15, 0.2) is 6.04 Å². The second kappa shape index (κ2) is 5.21. The third-order valence-electron chi connectivity index (χ3n) is 2.82. The van der Waals surface area contributed by atoms with Gasteiger partial charge in [-0.2, -0.15) is 0 Å². The topological polar surface area (TPSA) is 44.1 Å². The van der Waals surface area contributed by atoms with Gasteiger partial charge >= 0.3 is 14.0 Å². The maximum atomic E-state index is 13.8. The molecule has 2 aromatic rings. The molecule has 1 aromatic carbocycles. The van der Waals surface area contributed by atoms with Gasteiger partial charge in [0.25, 0.3) is 0 Å². The number of hydrogen-bond donors (Lipinski definition) is 0. The van der Waals surface area contributed by atoms with Crippen LogP contribution in [0.4, 0.5) is 8.78 Å². The Balaban J connectivity index is 2.56. The quantitative estimate of drug-likeness (QED) is 0.781. The average Bonchev–Trinajstić information content (AvgIpc) is 2.78. The fourth-order valence-electron chi connectivity index (χ4n) is 1.89. The number of benzene rings is 1. The van der Waals surface area contributed by atoms with Crippen LogP contribution in [-0.2, 0) is 9.45 Å². The van der Waals surface area contributed by atoms with Crippen LogP contribution >= 0.6 is 0 Å². The van der Waals surface area contributed by atoms with Crippen LogP contribution in [0.1, 0.15) is 17.4 Å². The monoisotopic (exact) mass is 264 g/mol. The summed E-state index contributed by atoms with van der Waals surface area (Å²) in [6.07, 6.45) is 3.03. The van der Waals surface area contributed by atoms with Crippen LogP contribution in [0.2, 0.25) is 0 Å². The van der Waals surface area contributed by atoms with Crippen LogP contribution in [-0.4, -0.2) is 23.6 Å². The lowest BCUT2D eigenvalue weighted by atomic mass is 10.1. The van der Waals surface area contributed by atoms with E-state index in [1.807, 2.05) is 0 Å². The molecular formula is C12H11BF2N2O2. The number of carbonyl (C=O) groups excluding carboxylic acids is 1. The zero-order valence-corrected chi connectivity index (χ0v) is 10.4. The van der Waals surface area contributed by atoms with Gasteiger partial charge in [0, 0.05) is 24.0 Å². The number of halogens is 2. The standard InChI is InChI=1S/C12H11BF2N2O2/c1-7-16-4-5-17(7)11(12(18)19-13)9-3-2-8(14)6-10(9)15/h2-6,11H,13H2,1H3. The Labute approximate surface area is 109 Å². The van der Waals surface area contributed by atoms with Gasteiger partial charge in [0.2, 0.25) is 0 Å². The van der Waals surface area contributed by atoms with Crippen molar-refractivity contribution in [2.75, 3.05) is 0 Å². The summed E-state index contributed by atoms with van der Waals surface area (Å²) in [4.78, 5) is 15.9. The fraction of sp³-hybridized carbons (Fsp3) is 0.167. The van der Waals surface area contributed by atoms with E-state index in [2.05, 4.69) is 9.64 Å². The Morgan fingerprint density at radius 3 is 2.74 bits per heavy atom. The fourth-order valence-corrected chi connectivity index (χ4v) is 1.89. The molecule has 1 aromatic heterocycles. The molecule has 1 unspecified atom stereocenters. The molecule has 0 aliphatic rings. The summed E-state index contributed by atoms with van der Waals surface area (Å²) >= 11 is 0. The largest absolute Gasteiger partial charge is 0.542 e. The lowest BCUT2D eigenvalue weighted by Gasteiger charge is -2.19. The Bertz CT molecular complexity index is 616. The lowest BCUT2D eigenvalue weighted by molar-refractivity contribution is -0.136. The predicted molar refractivity (Wildman–Crippen MR) is 66.1 cm³/mol. The third kappa shape index (κ3) is 2.49. The molecule has 98 valence electrons. The van der Waals surface area contributed by atoms with Gasteiger partial charge in [-0.25, -0.2) is 13.8 Å². The lowest BCUT2D eigenvalue weighted by Crippen LogP contribution is -2.24. The molecule has 0 aliphatic heterocycles. The first kappa shape index (κ1) is 13.3. The van der Waals surface area contributed by atoms with Crippen molar-refractivity contribution in [1.82, 2.24) is 9.55 Å². The van der Waals surface area contributed by atoms with E-state index in [0.717, 1.165) is 12.1 Å². The van der Waals surface area contributed by atoms with E-state index in [-0.39, 0.29) is 5.56 Å². The van der Waals surface area contributed by atoms with Crippen molar-refractivity contribution in [2.45, 2.75) is 13.0 Å². The molecule has 1 atom stereocenters. The van der Waals surface area contributed by atoms with Gasteiger partial charge in [0.05, 0.1) is 0 Å². The molecule has 0 aliphatic carbocycles. The minimum Gasteiger partial charge on any atom is -0.542 e. The first-order chi connectivity index (χ1) is 9.04. The molecule has 0 N–H and O–H groups in total. The Hall–Kier alpha value is -2.18. The summed E-state index contributed by atoms with van der Waals surface area (Å²) in [5.74, 6) is -1.62. The van der Waals surface area contributed by atoms with Gasteiger partial charge in [-0.15, -0.1) is 0 Å². The summed E-state index contributed by atoms with van der Waals surface area (Å²) in [6, 6.07) is 2.04. The van der Waals surface area contributed by atoms with Crippen LogP contribution < -0.4 is 0 Å². The van der Waals surface area contributed by atoms with Gasteiger partial charge < -0.3 is 9.22 Å². The Morgan fingerprint density at radius 1 is 1.47 bits per heavy atom. The smallest absolute Gasteiger partial charge is 0.326 e. The van der Waals surface area contributed by atoms with Crippen molar-refractivity contribution in [3.05, 3.63) is 53.6 Å². The summed E-state index contributed by atoms with van der Waals surface area (Å²) in [6.45, 7) is 1.68. The van der Waals surface area contributed by atoms with E-state index >= 15 is 0 Å². The number of rotatable bonds is 3. The number of carbonyl (C=O) groups is 1. The van der Waals surface area contributed by atoms with Crippen LogP contribution in [0.3, 0.4) is 0 Å². The summed E-state index contributed by atoms with van der Waals surface area (Å²) in [5, 5.41) is 0. The molecular weight excluding hydrogens is 253 g/mol. The molecule has 19 heavy (non-hydrogen) atoms. The van der Waals surface area contributed by atoms with Gasteiger partial charge in [0.1, 0.15) is 17.5 Å². The molecule has 7 heteroatoms. The highest BCUT2D eigenvalue weighted by Crippen LogP contribution is 2.24. The highest BCUT2D eigenvalue weighted by Gasteiger charge is 2.27. The SMILES string of the molecule is BOC(=O)C(c1ccc(F)cc1F)n1ccnc1C. The molecule has 0 radical (unpaired) electrons. The van der Waals surface area contributed by atoms with Crippen molar-refractivity contribution in [3.63, 3.8) is 0 Å². The average molecular weight is 264 g/mol. The predicted octanol–water partition coefficient (Wildman–Crippen LogP) is 1.15. The number of aromatic nitrogens is 2. The van der Waals surface area contributed by atoms with Crippen molar-refractivity contribution in [1.29, 1.82) is 0 Å². The third-order valence-corrected chi connectivity index (χ3v) is 2.82. The number of imidazole rings is 1. The number of hydrogen-bond acceptors (Lipinski definition) is 3. The molecule has 0 saturated heterocycles. The number of aryl methyl sites for hydroxylation is 1. The minimum atomic E-state index is -1.02. The van der Waals surface area contributed by atoms with Crippen LogP contribution in [0.25, 0.3) is 0 Å². The van der Waals surface area contributed by atoms with Crippen LogP contribution in [0, 0.1) is 18.6 Å². The van der Waals surface area contributed by atoms with Crippen LogP contribution in [0.15, 0.2) is 30.6 Å². The minimum absolute atomic E-state index is 0.0364. The maximum Gasteiger partial charge on any atom is 0.326 e. The van der Waals surface area contributed by atoms with Crippen molar-refractivity contribution in [3.8, 4) is 0 Å². The summed E-state index contributed by atoms with van der Waals surface area (Å²) in [7, 11) is 1.21. The normalized spacial score (nSPS) is 12.2. The molecule has 2 rings (SSSR count).